The second-order valence-electron chi connectivity index (χ2n) is 4.22. The number of hydrogen-bond acceptors (Lipinski definition) is 3. The van der Waals surface area contributed by atoms with Crippen LogP contribution in [0, 0.1) is 0 Å². The number of nitrogen functional groups attached to an aromatic ring is 1. The van der Waals surface area contributed by atoms with E-state index in [0.29, 0.717) is 0 Å². The fraction of sp³-hybridized carbons (Fsp3) is 0.286. The van der Waals surface area contributed by atoms with Gasteiger partial charge in [0, 0.05) is 13.2 Å². The maximum atomic E-state index is 8.78. The molecule has 0 unspecified atom stereocenters. The van der Waals surface area contributed by atoms with E-state index < -0.39 is 0 Å². The van der Waals surface area contributed by atoms with E-state index in [1.165, 1.54) is 5.56 Å². The predicted molar refractivity (Wildman–Crippen MR) is 74.6 cm³/mol. The van der Waals surface area contributed by atoms with E-state index in [0.717, 1.165) is 31.1 Å². The summed E-state index contributed by atoms with van der Waals surface area (Å²) in [5.41, 5.74) is 7.18. The Kier molecular flexibility index (Phi) is 4.25. The van der Waals surface area contributed by atoms with E-state index in [1.54, 1.807) is 0 Å². The minimum atomic E-state index is 0.196. The third-order valence-electron chi connectivity index (χ3n) is 2.84. The summed E-state index contributed by atoms with van der Waals surface area (Å²) in [6, 6.07) is 14.1. The SMILES string of the molecule is Nc1ccc(NCCCO)n1Cc1ccccc1. The first-order chi connectivity index (χ1) is 8.81. The van der Waals surface area contributed by atoms with Crippen LogP contribution >= 0.6 is 0 Å². The van der Waals surface area contributed by atoms with Crippen molar-refractivity contribution in [1.29, 1.82) is 0 Å². The van der Waals surface area contributed by atoms with E-state index in [9.17, 15) is 0 Å². The number of nitrogens with one attached hydrogen (secondary N) is 1. The molecule has 0 aliphatic heterocycles. The summed E-state index contributed by atoms with van der Waals surface area (Å²) in [6.07, 6.45) is 0.733. The average Bonchev–Trinajstić information content (AvgIpc) is 2.73. The fourth-order valence-electron chi connectivity index (χ4n) is 1.88. The van der Waals surface area contributed by atoms with Gasteiger partial charge in [0.15, 0.2) is 0 Å². The zero-order valence-corrected chi connectivity index (χ0v) is 10.3. The smallest absolute Gasteiger partial charge is 0.107 e. The first-order valence-corrected chi connectivity index (χ1v) is 6.15. The van der Waals surface area contributed by atoms with Crippen molar-refractivity contribution in [2.75, 3.05) is 24.2 Å². The molecule has 1 aromatic carbocycles. The maximum absolute atomic E-state index is 8.78. The molecular weight excluding hydrogens is 226 g/mol. The van der Waals surface area contributed by atoms with Crippen LogP contribution < -0.4 is 11.1 Å². The summed E-state index contributed by atoms with van der Waals surface area (Å²) >= 11 is 0. The summed E-state index contributed by atoms with van der Waals surface area (Å²) in [6.45, 7) is 1.69. The molecule has 18 heavy (non-hydrogen) atoms. The van der Waals surface area contributed by atoms with Gasteiger partial charge in [-0.15, -0.1) is 0 Å². The molecule has 0 aliphatic carbocycles. The number of anilines is 2. The highest BCUT2D eigenvalue weighted by molar-refractivity contribution is 5.49. The molecule has 96 valence electrons. The van der Waals surface area contributed by atoms with E-state index in [2.05, 4.69) is 17.4 Å². The highest BCUT2D eigenvalue weighted by Gasteiger charge is 2.05. The van der Waals surface area contributed by atoms with Crippen molar-refractivity contribution in [3.05, 3.63) is 48.0 Å². The first kappa shape index (κ1) is 12.5. The number of hydrogen-bond donors (Lipinski definition) is 3. The number of benzene rings is 1. The largest absolute Gasteiger partial charge is 0.396 e. The van der Waals surface area contributed by atoms with Crippen LogP contribution in [0.5, 0.6) is 0 Å². The Labute approximate surface area is 107 Å². The van der Waals surface area contributed by atoms with Gasteiger partial charge in [0.05, 0.1) is 6.54 Å². The van der Waals surface area contributed by atoms with Gasteiger partial charge < -0.3 is 20.7 Å². The first-order valence-electron chi connectivity index (χ1n) is 6.15. The average molecular weight is 245 g/mol. The zero-order chi connectivity index (χ0) is 12.8. The Morgan fingerprint density at radius 1 is 1.11 bits per heavy atom. The summed E-state index contributed by atoms with van der Waals surface area (Å²) in [4.78, 5) is 0. The standard InChI is InChI=1S/C14H19N3O/c15-13-7-8-14(16-9-4-10-18)17(13)11-12-5-2-1-3-6-12/h1-3,5-8,16,18H,4,9-11,15H2. The lowest BCUT2D eigenvalue weighted by Crippen LogP contribution is -2.11. The van der Waals surface area contributed by atoms with Gasteiger partial charge in [-0.1, -0.05) is 30.3 Å². The van der Waals surface area contributed by atoms with Gasteiger partial charge in [-0.05, 0) is 24.1 Å². The van der Waals surface area contributed by atoms with Crippen LogP contribution in [0.2, 0.25) is 0 Å². The molecule has 2 aromatic rings. The highest BCUT2D eigenvalue weighted by Crippen LogP contribution is 2.18. The molecule has 1 heterocycles. The van der Waals surface area contributed by atoms with Crippen LogP contribution in [0.15, 0.2) is 42.5 Å². The second kappa shape index (κ2) is 6.12. The molecule has 0 saturated heterocycles. The quantitative estimate of drug-likeness (QED) is 0.681. The van der Waals surface area contributed by atoms with E-state index >= 15 is 0 Å². The molecule has 0 aliphatic rings. The van der Waals surface area contributed by atoms with E-state index in [4.69, 9.17) is 10.8 Å². The molecule has 0 radical (unpaired) electrons. The van der Waals surface area contributed by atoms with Crippen LogP contribution in [0.4, 0.5) is 11.6 Å². The number of aliphatic hydroxyl groups is 1. The molecule has 4 heteroatoms. The minimum Gasteiger partial charge on any atom is -0.396 e. The Morgan fingerprint density at radius 3 is 2.61 bits per heavy atom. The van der Waals surface area contributed by atoms with Gasteiger partial charge in [0.1, 0.15) is 11.6 Å². The zero-order valence-electron chi connectivity index (χ0n) is 10.3. The van der Waals surface area contributed by atoms with Crippen LogP contribution in [-0.4, -0.2) is 22.8 Å². The summed E-state index contributed by atoms with van der Waals surface area (Å²) in [5, 5.41) is 12.1. The summed E-state index contributed by atoms with van der Waals surface area (Å²) < 4.78 is 2.03. The van der Waals surface area contributed by atoms with Crippen LogP contribution in [0.25, 0.3) is 0 Å². The molecule has 0 amide bonds. The molecule has 2 rings (SSSR count). The van der Waals surface area contributed by atoms with E-state index in [-0.39, 0.29) is 6.61 Å². The number of aromatic nitrogens is 1. The molecule has 0 fully saturated rings. The lowest BCUT2D eigenvalue weighted by Gasteiger charge is -2.12. The van der Waals surface area contributed by atoms with Crippen molar-refractivity contribution in [2.24, 2.45) is 0 Å². The van der Waals surface area contributed by atoms with Crippen molar-refractivity contribution < 1.29 is 5.11 Å². The van der Waals surface area contributed by atoms with Gasteiger partial charge in [0.25, 0.3) is 0 Å². The van der Waals surface area contributed by atoms with Crippen molar-refractivity contribution in [1.82, 2.24) is 4.57 Å². The Bertz CT molecular complexity index is 479. The Hall–Kier alpha value is -1.94. The van der Waals surface area contributed by atoms with Crippen LogP contribution in [0.1, 0.15) is 12.0 Å². The molecule has 0 bridgehead atoms. The molecule has 0 spiro atoms. The molecule has 0 saturated carbocycles. The third-order valence-corrected chi connectivity index (χ3v) is 2.84. The van der Waals surface area contributed by atoms with Crippen LogP contribution in [-0.2, 0) is 6.54 Å². The number of aliphatic hydroxyl groups excluding tert-OH is 1. The highest BCUT2D eigenvalue weighted by atomic mass is 16.3. The lowest BCUT2D eigenvalue weighted by molar-refractivity contribution is 0.292. The van der Waals surface area contributed by atoms with Crippen LogP contribution in [0.3, 0.4) is 0 Å². The number of nitrogens with two attached hydrogens (primary N) is 1. The molecule has 1 aromatic heterocycles. The van der Waals surface area contributed by atoms with Gasteiger partial charge >= 0.3 is 0 Å². The molecule has 0 atom stereocenters. The summed E-state index contributed by atoms with van der Waals surface area (Å²) in [7, 11) is 0. The van der Waals surface area contributed by atoms with Gasteiger partial charge in [-0.3, -0.25) is 0 Å². The normalized spacial score (nSPS) is 10.5. The number of rotatable bonds is 6. The van der Waals surface area contributed by atoms with E-state index in [1.807, 2.05) is 34.9 Å². The van der Waals surface area contributed by atoms with Gasteiger partial charge in [-0.25, -0.2) is 0 Å². The third kappa shape index (κ3) is 3.05. The predicted octanol–water partition coefficient (Wildman–Crippen LogP) is 1.91. The van der Waals surface area contributed by atoms with Crippen molar-refractivity contribution in [3.63, 3.8) is 0 Å². The number of nitrogens with zero attached hydrogens (tertiary/aromatic N) is 1. The van der Waals surface area contributed by atoms with Gasteiger partial charge in [0.2, 0.25) is 0 Å². The topological polar surface area (TPSA) is 63.2 Å². The lowest BCUT2D eigenvalue weighted by atomic mass is 10.2. The van der Waals surface area contributed by atoms with Crippen molar-refractivity contribution in [2.45, 2.75) is 13.0 Å². The minimum absolute atomic E-state index is 0.196. The van der Waals surface area contributed by atoms with Crippen molar-refractivity contribution in [3.8, 4) is 0 Å². The maximum Gasteiger partial charge on any atom is 0.107 e. The van der Waals surface area contributed by atoms with Gasteiger partial charge in [-0.2, -0.15) is 0 Å². The fourth-order valence-corrected chi connectivity index (χ4v) is 1.88. The Balaban J connectivity index is 2.09. The summed E-state index contributed by atoms with van der Waals surface area (Å²) in [5.74, 6) is 1.73. The Morgan fingerprint density at radius 2 is 1.89 bits per heavy atom. The monoisotopic (exact) mass is 245 g/mol. The molecule has 4 nitrogen and oxygen atoms in total. The molecular formula is C14H19N3O. The van der Waals surface area contributed by atoms with Crippen molar-refractivity contribution >= 4 is 11.6 Å². The molecule has 4 N–H and O–H groups in total. The second-order valence-corrected chi connectivity index (χ2v) is 4.22.